The van der Waals surface area contributed by atoms with Crippen LogP contribution in [0.3, 0.4) is 0 Å². The molecule has 0 unspecified atom stereocenters. The third-order valence-corrected chi connectivity index (χ3v) is 3.94. The lowest BCUT2D eigenvalue weighted by atomic mass is 9.99. The van der Waals surface area contributed by atoms with E-state index < -0.39 is 0 Å². The van der Waals surface area contributed by atoms with Crippen molar-refractivity contribution in [1.29, 1.82) is 0 Å². The predicted molar refractivity (Wildman–Crippen MR) is 69.6 cm³/mol. The first kappa shape index (κ1) is 11.3. The summed E-state index contributed by atoms with van der Waals surface area (Å²) >= 11 is 6.09. The fraction of sp³-hybridized carbons (Fsp3) is 0.692. The van der Waals surface area contributed by atoms with Crippen LogP contribution in [0, 0.1) is 5.92 Å². The summed E-state index contributed by atoms with van der Waals surface area (Å²) in [6.45, 7) is 4.51. The normalized spacial score (nSPS) is 21.9. The van der Waals surface area contributed by atoms with Crippen LogP contribution in [0.5, 0.6) is 0 Å². The van der Waals surface area contributed by atoms with Gasteiger partial charge in [0.25, 0.3) is 0 Å². The topological polar surface area (TPSA) is 29.0 Å². The van der Waals surface area contributed by atoms with Crippen molar-refractivity contribution in [3.8, 4) is 0 Å². The summed E-state index contributed by atoms with van der Waals surface area (Å²) < 4.78 is 0. The Labute approximate surface area is 107 Å². The molecule has 0 aromatic carbocycles. The molecule has 17 heavy (non-hydrogen) atoms. The average Bonchev–Trinajstić information content (AvgIpc) is 3.13. The van der Waals surface area contributed by atoms with Crippen molar-refractivity contribution in [2.24, 2.45) is 5.92 Å². The first-order chi connectivity index (χ1) is 8.22. The Morgan fingerprint density at radius 3 is 2.53 bits per heavy atom. The Morgan fingerprint density at radius 1 is 1.18 bits per heavy atom. The molecule has 1 saturated carbocycles. The van der Waals surface area contributed by atoms with Gasteiger partial charge in [-0.2, -0.15) is 0 Å². The van der Waals surface area contributed by atoms with E-state index in [1.807, 2.05) is 6.07 Å². The third-order valence-electron chi connectivity index (χ3n) is 3.75. The molecule has 3 nitrogen and oxygen atoms in total. The fourth-order valence-electron chi connectivity index (χ4n) is 2.35. The van der Waals surface area contributed by atoms with Crippen molar-refractivity contribution in [3.05, 3.63) is 17.0 Å². The minimum Gasteiger partial charge on any atom is -0.356 e. The molecular weight excluding hydrogens is 234 g/mol. The van der Waals surface area contributed by atoms with Gasteiger partial charge in [-0.3, -0.25) is 0 Å². The van der Waals surface area contributed by atoms with Crippen LogP contribution in [0.15, 0.2) is 6.07 Å². The molecule has 0 amide bonds. The first-order valence-corrected chi connectivity index (χ1v) is 6.89. The average molecular weight is 252 g/mol. The van der Waals surface area contributed by atoms with E-state index in [2.05, 4.69) is 21.8 Å². The zero-order valence-corrected chi connectivity index (χ0v) is 11.0. The van der Waals surface area contributed by atoms with Crippen LogP contribution in [0.2, 0.25) is 5.15 Å². The molecule has 1 aromatic heterocycles. The van der Waals surface area contributed by atoms with Crippen molar-refractivity contribution < 1.29 is 0 Å². The van der Waals surface area contributed by atoms with E-state index in [0.717, 1.165) is 30.6 Å². The number of hydrogen-bond acceptors (Lipinski definition) is 3. The van der Waals surface area contributed by atoms with Crippen LogP contribution in [-0.2, 0) is 0 Å². The molecule has 0 spiro atoms. The van der Waals surface area contributed by atoms with E-state index in [0.29, 0.717) is 11.1 Å². The number of hydrogen-bond donors (Lipinski definition) is 0. The van der Waals surface area contributed by atoms with Crippen molar-refractivity contribution in [2.75, 3.05) is 18.0 Å². The predicted octanol–water partition coefficient (Wildman–Crippen LogP) is 3.24. The molecule has 3 rings (SSSR count). The lowest BCUT2D eigenvalue weighted by molar-refractivity contribution is 0.436. The number of piperidine rings is 1. The van der Waals surface area contributed by atoms with Crippen LogP contribution in [-0.4, -0.2) is 23.1 Å². The van der Waals surface area contributed by atoms with E-state index >= 15 is 0 Å². The molecule has 0 radical (unpaired) electrons. The van der Waals surface area contributed by atoms with E-state index in [1.165, 1.54) is 25.7 Å². The molecule has 0 bridgehead atoms. The molecule has 1 aromatic rings. The summed E-state index contributed by atoms with van der Waals surface area (Å²) in [7, 11) is 0. The van der Waals surface area contributed by atoms with Crippen LogP contribution in [0.4, 0.5) is 5.82 Å². The molecule has 0 N–H and O–H groups in total. The zero-order chi connectivity index (χ0) is 11.8. The van der Waals surface area contributed by atoms with E-state index in [9.17, 15) is 0 Å². The molecule has 4 heteroatoms. The third kappa shape index (κ3) is 2.54. The summed E-state index contributed by atoms with van der Waals surface area (Å²) in [6.07, 6.45) is 4.94. The minimum atomic E-state index is 0.566. The summed E-state index contributed by atoms with van der Waals surface area (Å²) in [4.78, 5) is 11.4. The quantitative estimate of drug-likeness (QED) is 0.756. The Balaban J connectivity index is 1.81. The standard InChI is InChI=1S/C13H18ClN3/c1-9-4-6-17(7-5-9)12-8-11(14)15-13(16-12)10-2-3-10/h8-10H,2-7H2,1H3. The van der Waals surface area contributed by atoms with Crippen LogP contribution in [0.1, 0.15) is 44.3 Å². The van der Waals surface area contributed by atoms with Gasteiger partial charge in [0.05, 0.1) is 0 Å². The molecule has 0 atom stereocenters. The second kappa shape index (κ2) is 4.45. The van der Waals surface area contributed by atoms with Gasteiger partial charge in [0.1, 0.15) is 16.8 Å². The Kier molecular flexibility index (Phi) is 2.95. The van der Waals surface area contributed by atoms with E-state index in [1.54, 1.807) is 0 Å². The Morgan fingerprint density at radius 2 is 1.88 bits per heavy atom. The highest BCUT2D eigenvalue weighted by atomic mass is 35.5. The monoisotopic (exact) mass is 251 g/mol. The molecule has 1 saturated heterocycles. The number of anilines is 1. The Bertz CT molecular complexity index is 409. The van der Waals surface area contributed by atoms with Crippen LogP contribution in [0.25, 0.3) is 0 Å². The highest BCUT2D eigenvalue weighted by molar-refractivity contribution is 6.29. The zero-order valence-electron chi connectivity index (χ0n) is 10.2. The first-order valence-electron chi connectivity index (χ1n) is 6.52. The van der Waals surface area contributed by atoms with Gasteiger partial charge in [-0.15, -0.1) is 0 Å². The van der Waals surface area contributed by atoms with Gasteiger partial charge < -0.3 is 4.90 Å². The number of aromatic nitrogens is 2. The fourth-order valence-corrected chi connectivity index (χ4v) is 2.53. The minimum absolute atomic E-state index is 0.566. The van der Waals surface area contributed by atoms with Crippen LogP contribution < -0.4 is 4.90 Å². The van der Waals surface area contributed by atoms with Gasteiger partial charge in [-0.25, -0.2) is 9.97 Å². The van der Waals surface area contributed by atoms with Gasteiger partial charge >= 0.3 is 0 Å². The van der Waals surface area contributed by atoms with Crippen molar-refractivity contribution in [1.82, 2.24) is 9.97 Å². The summed E-state index contributed by atoms with van der Waals surface area (Å²) in [5.74, 6) is 3.38. The maximum absolute atomic E-state index is 6.09. The SMILES string of the molecule is CC1CCN(c2cc(Cl)nc(C3CC3)n2)CC1. The molecular formula is C13H18ClN3. The maximum Gasteiger partial charge on any atom is 0.135 e. The highest BCUT2D eigenvalue weighted by Gasteiger charge is 2.28. The van der Waals surface area contributed by atoms with E-state index in [4.69, 9.17) is 11.6 Å². The number of rotatable bonds is 2. The van der Waals surface area contributed by atoms with Crippen molar-refractivity contribution >= 4 is 17.4 Å². The summed E-state index contributed by atoms with van der Waals surface area (Å²) in [6, 6.07) is 1.91. The van der Waals surface area contributed by atoms with Gasteiger partial charge in [-0.1, -0.05) is 18.5 Å². The number of nitrogens with zero attached hydrogens (tertiary/aromatic N) is 3. The Hall–Kier alpha value is -0.830. The van der Waals surface area contributed by atoms with Crippen molar-refractivity contribution in [2.45, 2.75) is 38.5 Å². The molecule has 2 fully saturated rings. The molecule has 2 heterocycles. The van der Waals surface area contributed by atoms with Crippen LogP contribution >= 0.6 is 11.6 Å². The largest absolute Gasteiger partial charge is 0.356 e. The summed E-state index contributed by atoms with van der Waals surface area (Å²) in [5.41, 5.74) is 0. The van der Waals surface area contributed by atoms with Gasteiger partial charge in [0.2, 0.25) is 0 Å². The second-order valence-electron chi connectivity index (χ2n) is 5.35. The van der Waals surface area contributed by atoms with Gasteiger partial charge in [-0.05, 0) is 31.6 Å². The van der Waals surface area contributed by atoms with Gasteiger partial charge in [0.15, 0.2) is 0 Å². The smallest absolute Gasteiger partial charge is 0.135 e. The summed E-state index contributed by atoms with van der Waals surface area (Å²) in [5, 5.41) is 0.593. The lowest BCUT2D eigenvalue weighted by Gasteiger charge is -2.31. The van der Waals surface area contributed by atoms with Crippen molar-refractivity contribution in [3.63, 3.8) is 0 Å². The molecule has 1 aliphatic heterocycles. The second-order valence-corrected chi connectivity index (χ2v) is 5.74. The maximum atomic E-state index is 6.09. The molecule has 2 aliphatic rings. The number of halogens is 1. The highest BCUT2D eigenvalue weighted by Crippen LogP contribution is 2.39. The molecule has 1 aliphatic carbocycles. The molecule has 92 valence electrons. The van der Waals surface area contributed by atoms with Gasteiger partial charge in [0, 0.05) is 25.1 Å². The lowest BCUT2D eigenvalue weighted by Crippen LogP contribution is -2.33. The van der Waals surface area contributed by atoms with E-state index in [-0.39, 0.29) is 0 Å².